The quantitative estimate of drug-likeness (QED) is 0.0669. The molecule has 1 fully saturated rings. The summed E-state index contributed by atoms with van der Waals surface area (Å²) in [5, 5.41) is 3.73. The van der Waals surface area contributed by atoms with E-state index in [1.54, 1.807) is 6.92 Å². The minimum absolute atomic E-state index is 0.0974. The molecular formula is C32H43N5O5. The van der Waals surface area contributed by atoms with Crippen molar-refractivity contribution in [1.82, 2.24) is 9.55 Å². The molecule has 2 heterocycles. The monoisotopic (exact) mass is 577 g/mol. The van der Waals surface area contributed by atoms with Crippen LogP contribution in [-0.4, -0.2) is 34.3 Å². The molecule has 1 aromatic rings. The number of aryl methyl sites for hydroxylation is 1. The first-order chi connectivity index (χ1) is 20.5. The minimum Gasteiger partial charge on any atom is -0.463 e. The molecule has 3 atom stereocenters. The molecule has 10 heteroatoms. The van der Waals surface area contributed by atoms with Gasteiger partial charge in [0.15, 0.2) is 0 Å². The van der Waals surface area contributed by atoms with Crippen molar-refractivity contribution in [2.45, 2.75) is 90.0 Å². The van der Waals surface area contributed by atoms with Crippen LogP contribution in [0.25, 0.3) is 10.4 Å². The van der Waals surface area contributed by atoms with Gasteiger partial charge in [0, 0.05) is 29.5 Å². The zero-order valence-corrected chi connectivity index (χ0v) is 24.6. The number of rotatable bonds is 18. The average molecular weight is 578 g/mol. The predicted molar refractivity (Wildman–Crippen MR) is 166 cm³/mol. The maximum absolute atomic E-state index is 12.2. The van der Waals surface area contributed by atoms with E-state index in [-0.39, 0.29) is 19.4 Å². The van der Waals surface area contributed by atoms with Crippen molar-refractivity contribution >= 4 is 5.97 Å². The standard InChI is InChI=1S/C32H43N5O5/c1-3-4-5-6-7-8-9-10-11-12-13-14-15-16-17-18-19-20-21-22-30(38)41-25-28-27(35-36-33)23-29(42-28)37-24-26(2)31(39)34-32(37)40/h4-5,7-8,10-11,13-14,16-17,19-20,24,27-29H,3,6,9,12,15,18,21-23,25H2,1-2H3,(H,34,39,40)/t27-,28?,29?/m0/s1. The van der Waals surface area contributed by atoms with Gasteiger partial charge < -0.3 is 9.47 Å². The first kappa shape index (κ1) is 34.1. The van der Waals surface area contributed by atoms with Crippen LogP contribution in [0.1, 0.15) is 76.5 Å². The van der Waals surface area contributed by atoms with Gasteiger partial charge in [0.05, 0.1) is 6.04 Å². The summed E-state index contributed by atoms with van der Waals surface area (Å²) in [5.74, 6) is -0.390. The third-order valence-electron chi connectivity index (χ3n) is 6.38. The maximum Gasteiger partial charge on any atom is 0.330 e. The second-order valence-electron chi connectivity index (χ2n) is 9.75. The Bertz CT molecular complexity index is 1310. The van der Waals surface area contributed by atoms with Crippen LogP contribution >= 0.6 is 0 Å². The Morgan fingerprint density at radius 1 is 1.00 bits per heavy atom. The van der Waals surface area contributed by atoms with Crippen LogP contribution in [0.3, 0.4) is 0 Å². The van der Waals surface area contributed by atoms with Gasteiger partial charge in [-0.3, -0.25) is 19.1 Å². The molecule has 1 aliphatic heterocycles. The van der Waals surface area contributed by atoms with Crippen LogP contribution in [0.15, 0.2) is 93.8 Å². The van der Waals surface area contributed by atoms with Crippen LogP contribution in [0.2, 0.25) is 0 Å². The van der Waals surface area contributed by atoms with Crippen LogP contribution in [0.4, 0.5) is 0 Å². The number of hydrogen-bond donors (Lipinski definition) is 1. The molecule has 0 aromatic carbocycles. The number of carbonyl (C=O) groups is 1. The Kier molecular flexibility index (Phi) is 16.8. The van der Waals surface area contributed by atoms with Crippen LogP contribution < -0.4 is 11.2 Å². The van der Waals surface area contributed by atoms with Gasteiger partial charge in [-0.15, -0.1) is 0 Å². The summed E-state index contributed by atoms with van der Waals surface area (Å²) in [7, 11) is 0. The fourth-order valence-electron chi connectivity index (χ4n) is 4.11. The Balaban J connectivity index is 1.60. The number of ether oxygens (including phenoxy) is 2. The van der Waals surface area contributed by atoms with E-state index in [1.807, 2.05) is 12.2 Å². The molecule has 2 unspecified atom stereocenters. The number of allylic oxidation sites excluding steroid dienone is 12. The number of hydrogen-bond acceptors (Lipinski definition) is 6. The van der Waals surface area contributed by atoms with Crippen molar-refractivity contribution in [3.8, 4) is 0 Å². The topological polar surface area (TPSA) is 139 Å². The number of nitrogens with zero attached hydrogens (tertiary/aromatic N) is 4. The molecule has 0 saturated carbocycles. The molecule has 1 N–H and O–H groups in total. The second-order valence-corrected chi connectivity index (χ2v) is 9.75. The van der Waals surface area contributed by atoms with Gasteiger partial charge in [0.2, 0.25) is 0 Å². The number of nitrogens with one attached hydrogen (secondary N) is 1. The molecule has 2 rings (SSSR count). The maximum atomic E-state index is 12.2. The van der Waals surface area contributed by atoms with Crippen molar-refractivity contribution in [2.75, 3.05) is 6.61 Å². The average Bonchev–Trinajstić information content (AvgIpc) is 3.37. The Labute approximate surface area is 247 Å². The fraction of sp³-hybridized carbons (Fsp3) is 0.469. The van der Waals surface area contributed by atoms with E-state index in [0.29, 0.717) is 12.0 Å². The van der Waals surface area contributed by atoms with Gasteiger partial charge >= 0.3 is 11.7 Å². The van der Waals surface area contributed by atoms with Gasteiger partial charge in [-0.05, 0) is 57.4 Å². The van der Waals surface area contributed by atoms with Crippen molar-refractivity contribution in [3.63, 3.8) is 0 Å². The van der Waals surface area contributed by atoms with E-state index in [1.165, 1.54) is 10.8 Å². The fourth-order valence-corrected chi connectivity index (χ4v) is 4.11. The molecular weight excluding hydrogens is 534 g/mol. The number of aromatic nitrogens is 2. The highest BCUT2D eigenvalue weighted by Crippen LogP contribution is 2.30. The van der Waals surface area contributed by atoms with Crippen LogP contribution in [0, 0.1) is 6.92 Å². The lowest BCUT2D eigenvalue weighted by atomic mass is 10.1. The highest BCUT2D eigenvalue weighted by atomic mass is 16.6. The normalized spacial score (nSPS) is 19.3. The summed E-state index contributed by atoms with van der Waals surface area (Å²) in [6.07, 6.45) is 32.1. The third kappa shape index (κ3) is 13.5. The molecule has 226 valence electrons. The molecule has 1 saturated heterocycles. The molecule has 1 aromatic heterocycles. The van der Waals surface area contributed by atoms with Gasteiger partial charge in [-0.2, -0.15) is 0 Å². The Morgan fingerprint density at radius 3 is 2.10 bits per heavy atom. The summed E-state index contributed by atoms with van der Waals surface area (Å²) >= 11 is 0. The number of azide groups is 1. The van der Waals surface area contributed by atoms with Crippen molar-refractivity contribution in [1.29, 1.82) is 0 Å². The summed E-state index contributed by atoms with van der Waals surface area (Å²) in [6, 6.07) is -0.615. The minimum atomic E-state index is -0.744. The van der Waals surface area contributed by atoms with E-state index in [0.717, 1.165) is 38.5 Å². The summed E-state index contributed by atoms with van der Waals surface area (Å²) in [4.78, 5) is 41.1. The molecule has 0 radical (unpaired) electrons. The lowest BCUT2D eigenvalue weighted by Gasteiger charge is -2.16. The van der Waals surface area contributed by atoms with E-state index in [9.17, 15) is 14.4 Å². The predicted octanol–water partition coefficient (Wildman–Crippen LogP) is 6.83. The molecule has 1 aliphatic rings. The van der Waals surface area contributed by atoms with E-state index in [2.05, 4.69) is 82.7 Å². The van der Waals surface area contributed by atoms with Crippen molar-refractivity contribution in [2.24, 2.45) is 5.11 Å². The van der Waals surface area contributed by atoms with Gasteiger partial charge in [-0.25, -0.2) is 4.79 Å². The zero-order valence-electron chi connectivity index (χ0n) is 24.6. The third-order valence-corrected chi connectivity index (χ3v) is 6.38. The summed E-state index contributed by atoms with van der Waals surface area (Å²) < 4.78 is 12.4. The van der Waals surface area contributed by atoms with E-state index < -0.39 is 35.6 Å². The Hall–Kier alpha value is -4.14. The molecule has 0 spiro atoms. The molecule has 42 heavy (non-hydrogen) atoms. The highest BCUT2D eigenvalue weighted by Gasteiger charge is 2.37. The molecule has 0 aliphatic carbocycles. The number of aromatic amines is 1. The number of H-pyrrole nitrogens is 1. The van der Waals surface area contributed by atoms with Gasteiger partial charge in [0.25, 0.3) is 5.56 Å². The van der Waals surface area contributed by atoms with Crippen LogP contribution in [0.5, 0.6) is 0 Å². The van der Waals surface area contributed by atoms with Crippen molar-refractivity contribution in [3.05, 3.63) is 116 Å². The van der Waals surface area contributed by atoms with Crippen molar-refractivity contribution < 1.29 is 14.3 Å². The largest absolute Gasteiger partial charge is 0.463 e. The zero-order chi connectivity index (χ0) is 30.4. The lowest BCUT2D eigenvalue weighted by molar-refractivity contribution is -0.148. The summed E-state index contributed by atoms with van der Waals surface area (Å²) in [6.45, 7) is 3.61. The summed E-state index contributed by atoms with van der Waals surface area (Å²) in [5.41, 5.74) is 8.15. The molecule has 10 nitrogen and oxygen atoms in total. The van der Waals surface area contributed by atoms with Crippen LogP contribution in [-0.2, 0) is 14.3 Å². The SMILES string of the molecule is CCC=CCC=CCC=CCC=CCC=CCC=CCCC(=O)OCC1OC(n2cc(C)c(=O)[nH]c2=O)C[C@@H]1N=[N+]=[N-]. The molecule has 0 amide bonds. The highest BCUT2D eigenvalue weighted by molar-refractivity contribution is 5.69. The van der Waals surface area contributed by atoms with E-state index in [4.69, 9.17) is 15.0 Å². The Morgan fingerprint density at radius 2 is 1.55 bits per heavy atom. The van der Waals surface area contributed by atoms with Gasteiger partial charge in [0.1, 0.15) is 18.9 Å². The lowest BCUT2D eigenvalue weighted by Crippen LogP contribution is -2.33. The van der Waals surface area contributed by atoms with Gasteiger partial charge in [-0.1, -0.05) is 85.0 Å². The number of esters is 1. The smallest absolute Gasteiger partial charge is 0.330 e. The van der Waals surface area contributed by atoms with E-state index >= 15 is 0 Å². The first-order valence-electron chi connectivity index (χ1n) is 14.5. The molecule has 0 bridgehead atoms. The first-order valence-corrected chi connectivity index (χ1v) is 14.5. The number of carbonyl (C=O) groups excluding carboxylic acids is 1. The second kappa shape index (κ2) is 20.7.